The largest absolute Gasteiger partial charge is 0.332 e. The number of hydrogen-bond acceptors (Lipinski definition) is 4. The SMILES string of the molecule is Cc1nc2c(C)cc(F)c([N+](=O)[O-])c2nc1C. The van der Waals surface area contributed by atoms with Crippen molar-refractivity contribution in [3.05, 3.63) is 38.9 Å². The summed E-state index contributed by atoms with van der Waals surface area (Å²) in [7, 11) is 0. The van der Waals surface area contributed by atoms with Crippen LogP contribution in [-0.4, -0.2) is 14.9 Å². The third-order valence-corrected chi connectivity index (χ3v) is 2.66. The van der Waals surface area contributed by atoms with Crippen molar-refractivity contribution in [2.75, 3.05) is 0 Å². The van der Waals surface area contributed by atoms with Crippen LogP contribution in [0.5, 0.6) is 0 Å². The van der Waals surface area contributed by atoms with Gasteiger partial charge in [-0.25, -0.2) is 9.97 Å². The number of nitrogens with zero attached hydrogens (tertiary/aromatic N) is 3. The minimum Gasteiger partial charge on any atom is -0.258 e. The Hall–Kier alpha value is -2.11. The van der Waals surface area contributed by atoms with E-state index >= 15 is 0 Å². The molecule has 0 amide bonds. The van der Waals surface area contributed by atoms with E-state index in [1.54, 1.807) is 20.8 Å². The van der Waals surface area contributed by atoms with Crippen LogP contribution < -0.4 is 0 Å². The van der Waals surface area contributed by atoms with Crippen LogP contribution >= 0.6 is 0 Å². The molecule has 1 aromatic carbocycles. The zero-order valence-corrected chi connectivity index (χ0v) is 9.61. The van der Waals surface area contributed by atoms with Crippen molar-refractivity contribution in [2.24, 2.45) is 0 Å². The Morgan fingerprint density at radius 1 is 1.18 bits per heavy atom. The lowest BCUT2D eigenvalue weighted by molar-refractivity contribution is -0.385. The topological polar surface area (TPSA) is 68.9 Å². The van der Waals surface area contributed by atoms with Crippen molar-refractivity contribution in [3.8, 4) is 0 Å². The van der Waals surface area contributed by atoms with Crippen molar-refractivity contribution in [1.82, 2.24) is 9.97 Å². The second kappa shape index (κ2) is 3.73. The molecule has 0 saturated carbocycles. The van der Waals surface area contributed by atoms with Gasteiger partial charge in [-0.05, 0) is 32.4 Å². The van der Waals surface area contributed by atoms with Crippen molar-refractivity contribution in [2.45, 2.75) is 20.8 Å². The number of aromatic nitrogens is 2. The first-order chi connectivity index (χ1) is 7.91. The average Bonchev–Trinajstić information content (AvgIpc) is 2.20. The van der Waals surface area contributed by atoms with Crippen molar-refractivity contribution < 1.29 is 9.31 Å². The van der Waals surface area contributed by atoms with Gasteiger partial charge < -0.3 is 0 Å². The van der Waals surface area contributed by atoms with Crippen LogP contribution in [0.1, 0.15) is 17.0 Å². The normalized spacial score (nSPS) is 10.8. The minimum atomic E-state index is -0.877. The maximum Gasteiger partial charge on any atom is 0.332 e. The fourth-order valence-corrected chi connectivity index (χ4v) is 1.66. The molecule has 0 unspecified atom stereocenters. The Morgan fingerprint density at radius 3 is 2.24 bits per heavy atom. The smallest absolute Gasteiger partial charge is 0.258 e. The molecule has 1 heterocycles. The Morgan fingerprint density at radius 2 is 1.71 bits per heavy atom. The molecular weight excluding hydrogens is 225 g/mol. The average molecular weight is 235 g/mol. The molecule has 0 aliphatic rings. The van der Waals surface area contributed by atoms with Crippen molar-refractivity contribution >= 4 is 16.7 Å². The maximum atomic E-state index is 13.6. The summed E-state index contributed by atoms with van der Waals surface area (Å²) in [4.78, 5) is 18.4. The van der Waals surface area contributed by atoms with E-state index in [2.05, 4.69) is 9.97 Å². The van der Waals surface area contributed by atoms with Gasteiger partial charge in [-0.2, -0.15) is 4.39 Å². The molecular formula is C11H10FN3O2. The van der Waals surface area contributed by atoms with E-state index in [0.717, 1.165) is 6.07 Å². The van der Waals surface area contributed by atoms with Gasteiger partial charge in [0.2, 0.25) is 5.82 Å². The Balaban J connectivity index is 3.00. The fourth-order valence-electron chi connectivity index (χ4n) is 1.66. The third-order valence-electron chi connectivity index (χ3n) is 2.66. The number of halogens is 1. The Kier molecular flexibility index (Phi) is 2.49. The van der Waals surface area contributed by atoms with Gasteiger partial charge in [0.1, 0.15) is 0 Å². The predicted octanol–water partition coefficient (Wildman–Crippen LogP) is 2.60. The van der Waals surface area contributed by atoms with Gasteiger partial charge in [0.25, 0.3) is 0 Å². The molecule has 0 saturated heterocycles. The molecule has 1 aromatic heterocycles. The molecule has 0 bridgehead atoms. The minimum absolute atomic E-state index is 0.00981. The highest BCUT2D eigenvalue weighted by molar-refractivity contribution is 5.87. The number of nitro groups is 1. The number of rotatable bonds is 1. The van der Waals surface area contributed by atoms with E-state index in [9.17, 15) is 14.5 Å². The highest BCUT2D eigenvalue weighted by Gasteiger charge is 2.23. The van der Waals surface area contributed by atoms with Crippen LogP contribution in [0.15, 0.2) is 6.07 Å². The molecule has 0 N–H and O–H groups in total. The fraction of sp³-hybridized carbons (Fsp3) is 0.273. The van der Waals surface area contributed by atoms with E-state index in [1.807, 2.05) is 0 Å². The summed E-state index contributed by atoms with van der Waals surface area (Å²) in [5.74, 6) is -0.877. The molecule has 2 rings (SSSR count). The first-order valence-electron chi connectivity index (χ1n) is 5.00. The lowest BCUT2D eigenvalue weighted by Crippen LogP contribution is -2.01. The quantitative estimate of drug-likeness (QED) is 0.562. The van der Waals surface area contributed by atoms with Crippen LogP contribution in [0.4, 0.5) is 10.1 Å². The van der Waals surface area contributed by atoms with Gasteiger partial charge in [0, 0.05) is 0 Å². The Labute approximate surface area is 96.5 Å². The predicted molar refractivity (Wildman–Crippen MR) is 60.4 cm³/mol. The molecule has 0 aliphatic heterocycles. The van der Waals surface area contributed by atoms with Crippen LogP contribution in [0.3, 0.4) is 0 Å². The summed E-state index contributed by atoms with van der Waals surface area (Å²) in [6.45, 7) is 5.10. The van der Waals surface area contributed by atoms with Crippen molar-refractivity contribution in [1.29, 1.82) is 0 Å². The first-order valence-corrected chi connectivity index (χ1v) is 5.00. The molecule has 0 fully saturated rings. The zero-order chi connectivity index (χ0) is 12.7. The van der Waals surface area contributed by atoms with E-state index in [-0.39, 0.29) is 5.52 Å². The monoisotopic (exact) mass is 235 g/mol. The van der Waals surface area contributed by atoms with Gasteiger partial charge in [-0.15, -0.1) is 0 Å². The number of nitro benzene ring substituents is 1. The van der Waals surface area contributed by atoms with E-state index in [1.165, 1.54) is 0 Å². The second-order valence-electron chi connectivity index (χ2n) is 3.87. The van der Waals surface area contributed by atoms with E-state index in [0.29, 0.717) is 22.5 Å². The Bertz CT molecular complexity index is 640. The molecule has 17 heavy (non-hydrogen) atoms. The van der Waals surface area contributed by atoms with Gasteiger partial charge in [-0.3, -0.25) is 10.1 Å². The van der Waals surface area contributed by atoms with Crippen LogP contribution in [-0.2, 0) is 0 Å². The summed E-state index contributed by atoms with van der Waals surface area (Å²) in [6, 6.07) is 1.12. The third kappa shape index (κ3) is 1.71. The molecule has 2 aromatic rings. The molecule has 5 nitrogen and oxygen atoms in total. The highest BCUT2D eigenvalue weighted by Crippen LogP contribution is 2.29. The molecule has 0 spiro atoms. The van der Waals surface area contributed by atoms with Gasteiger partial charge in [0.05, 0.1) is 21.8 Å². The number of benzene rings is 1. The van der Waals surface area contributed by atoms with Gasteiger partial charge >= 0.3 is 5.69 Å². The number of fused-ring (bicyclic) bond motifs is 1. The molecule has 88 valence electrons. The first kappa shape index (κ1) is 11.4. The van der Waals surface area contributed by atoms with Crippen LogP contribution in [0.25, 0.3) is 11.0 Å². The lowest BCUT2D eigenvalue weighted by atomic mass is 10.1. The summed E-state index contributed by atoms with van der Waals surface area (Å²) in [5, 5.41) is 10.8. The van der Waals surface area contributed by atoms with Crippen LogP contribution in [0, 0.1) is 36.7 Å². The number of hydrogen-bond donors (Lipinski definition) is 0. The maximum absolute atomic E-state index is 13.6. The highest BCUT2D eigenvalue weighted by atomic mass is 19.1. The lowest BCUT2D eigenvalue weighted by Gasteiger charge is -2.06. The summed E-state index contributed by atoms with van der Waals surface area (Å²) in [6.07, 6.45) is 0. The molecule has 0 radical (unpaired) electrons. The summed E-state index contributed by atoms with van der Waals surface area (Å²) < 4.78 is 13.6. The molecule has 0 aliphatic carbocycles. The van der Waals surface area contributed by atoms with Crippen molar-refractivity contribution in [3.63, 3.8) is 0 Å². The van der Waals surface area contributed by atoms with E-state index in [4.69, 9.17) is 0 Å². The standard InChI is InChI=1S/C11H10FN3O2/c1-5-4-8(12)11(15(16)17)10-9(5)13-6(2)7(3)14-10/h4H,1-3H3. The van der Waals surface area contributed by atoms with E-state index < -0.39 is 16.4 Å². The number of aryl methyl sites for hydroxylation is 3. The van der Waals surface area contributed by atoms with Gasteiger partial charge in [0.15, 0.2) is 5.52 Å². The summed E-state index contributed by atoms with van der Waals surface area (Å²) in [5.41, 5.74) is 1.56. The van der Waals surface area contributed by atoms with Gasteiger partial charge in [-0.1, -0.05) is 0 Å². The zero-order valence-electron chi connectivity index (χ0n) is 9.61. The second-order valence-corrected chi connectivity index (χ2v) is 3.87. The molecule has 6 heteroatoms. The summed E-state index contributed by atoms with van der Waals surface area (Å²) >= 11 is 0. The van der Waals surface area contributed by atoms with Crippen LogP contribution in [0.2, 0.25) is 0 Å². The molecule has 0 atom stereocenters.